The third-order valence-corrected chi connectivity index (χ3v) is 2.63. The van der Waals surface area contributed by atoms with Crippen LogP contribution in [0, 0.1) is 5.82 Å². The number of carboxylic acids is 1. The number of carboxylic acid groups (broad SMARTS) is 1. The van der Waals surface area contributed by atoms with E-state index in [1.54, 1.807) is 6.07 Å². The maximum Gasteiger partial charge on any atom is 0.356 e. The zero-order valence-electron chi connectivity index (χ0n) is 10.4. The van der Waals surface area contributed by atoms with Gasteiger partial charge in [0, 0.05) is 19.3 Å². The smallest absolute Gasteiger partial charge is 0.356 e. The van der Waals surface area contributed by atoms with Gasteiger partial charge in [-0.3, -0.25) is 4.79 Å². The van der Waals surface area contributed by atoms with Gasteiger partial charge in [-0.25, -0.2) is 14.2 Å². The Labute approximate surface area is 113 Å². The minimum absolute atomic E-state index is 0.0237. The third kappa shape index (κ3) is 3.19. The van der Waals surface area contributed by atoms with Gasteiger partial charge in [-0.2, -0.15) is 0 Å². The monoisotopic (exact) mass is 277 g/mol. The fourth-order valence-corrected chi connectivity index (χ4v) is 1.63. The Kier molecular flexibility index (Phi) is 4.09. The standard InChI is InChI=1S/C13H12FN3O3/c14-10-4-2-1-3-9(10)12(18)15-5-6-17-7-11(13(19)20)16-8-17/h1-4,7-8H,5-6H2,(H,15,18)(H,19,20). The average Bonchev–Trinajstić information content (AvgIpc) is 2.88. The van der Waals surface area contributed by atoms with E-state index in [0.717, 1.165) is 0 Å². The molecule has 0 aliphatic carbocycles. The minimum Gasteiger partial charge on any atom is -0.476 e. The molecule has 0 bridgehead atoms. The predicted octanol–water partition coefficient (Wildman–Crippen LogP) is 1.15. The number of carbonyl (C=O) groups excluding carboxylic acids is 1. The summed E-state index contributed by atoms with van der Waals surface area (Å²) >= 11 is 0. The Morgan fingerprint density at radius 3 is 2.75 bits per heavy atom. The number of halogens is 1. The van der Waals surface area contributed by atoms with Crippen molar-refractivity contribution in [2.24, 2.45) is 0 Å². The first-order valence-electron chi connectivity index (χ1n) is 5.85. The van der Waals surface area contributed by atoms with Crippen molar-refractivity contribution < 1.29 is 19.1 Å². The summed E-state index contributed by atoms with van der Waals surface area (Å²) in [6.45, 7) is 0.586. The lowest BCUT2D eigenvalue weighted by Crippen LogP contribution is -2.27. The van der Waals surface area contributed by atoms with Crippen LogP contribution in [0.1, 0.15) is 20.8 Å². The first-order chi connectivity index (χ1) is 9.58. The van der Waals surface area contributed by atoms with Crippen molar-refractivity contribution in [2.45, 2.75) is 6.54 Å². The van der Waals surface area contributed by atoms with Crippen molar-refractivity contribution in [3.05, 3.63) is 53.9 Å². The maximum atomic E-state index is 13.3. The Hall–Kier alpha value is -2.70. The summed E-state index contributed by atoms with van der Waals surface area (Å²) in [7, 11) is 0. The number of hydrogen-bond donors (Lipinski definition) is 2. The summed E-state index contributed by atoms with van der Waals surface area (Å²) in [4.78, 5) is 26.0. The Morgan fingerprint density at radius 1 is 1.35 bits per heavy atom. The molecular weight excluding hydrogens is 265 g/mol. The van der Waals surface area contributed by atoms with E-state index in [4.69, 9.17) is 5.11 Å². The van der Waals surface area contributed by atoms with Gasteiger partial charge in [-0.05, 0) is 12.1 Å². The zero-order chi connectivity index (χ0) is 14.5. The summed E-state index contributed by atoms with van der Waals surface area (Å²) in [5, 5.41) is 11.3. The highest BCUT2D eigenvalue weighted by atomic mass is 19.1. The van der Waals surface area contributed by atoms with Crippen molar-refractivity contribution in [3.8, 4) is 0 Å². The summed E-state index contributed by atoms with van der Waals surface area (Å²) in [6.07, 6.45) is 2.72. The van der Waals surface area contributed by atoms with Crippen LogP contribution in [0.2, 0.25) is 0 Å². The molecule has 7 heteroatoms. The van der Waals surface area contributed by atoms with Crippen molar-refractivity contribution in [1.82, 2.24) is 14.9 Å². The summed E-state index contributed by atoms with van der Waals surface area (Å²) < 4.78 is 14.9. The van der Waals surface area contributed by atoms with Crippen LogP contribution in [-0.2, 0) is 6.54 Å². The molecule has 0 spiro atoms. The normalized spacial score (nSPS) is 10.2. The molecule has 2 aromatic rings. The van der Waals surface area contributed by atoms with Gasteiger partial charge in [0.15, 0.2) is 5.69 Å². The first kappa shape index (κ1) is 13.7. The van der Waals surface area contributed by atoms with Crippen LogP contribution in [0.4, 0.5) is 4.39 Å². The van der Waals surface area contributed by atoms with Gasteiger partial charge >= 0.3 is 5.97 Å². The molecule has 1 heterocycles. The lowest BCUT2D eigenvalue weighted by atomic mass is 10.2. The van der Waals surface area contributed by atoms with Crippen LogP contribution < -0.4 is 5.32 Å². The summed E-state index contributed by atoms with van der Waals surface area (Å²) in [6, 6.07) is 5.69. The van der Waals surface area contributed by atoms with Gasteiger partial charge < -0.3 is 15.0 Å². The van der Waals surface area contributed by atoms with E-state index in [-0.39, 0.29) is 17.8 Å². The molecule has 0 atom stereocenters. The molecule has 2 N–H and O–H groups in total. The molecule has 0 aliphatic rings. The largest absolute Gasteiger partial charge is 0.476 e. The maximum absolute atomic E-state index is 13.3. The zero-order valence-corrected chi connectivity index (χ0v) is 10.4. The number of hydrogen-bond acceptors (Lipinski definition) is 3. The minimum atomic E-state index is -1.11. The SMILES string of the molecule is O=C(O)c1cn(CCNC(=O)c2ccccc2F)cn1. The molecule has 0 unspecified atom stereocenters. The van der Waals surface area contributed by atoms with Crippen LogP contribution in [0.15, 0.2) is 36.8 Å². The highest BCUT2D eigenvalue weighted by Crippen LogP contribution is 2.05. The van der Waals surface area contributed by atoms with E-state index >= 15 is 0 Å². The molecule has 6 nitrogen and oxygen atoms in total. The van der Waals surface area contributed by atoms with Gasteiger partial charge in [0.25, 0.3) is 5.91 Å². The lowest BCUT2D eigenvalue weighted by Gasteiger charge is -2.06. The van der Waals surface area contributed by atoms with Crippen molar-refractivity contribution in [1.29, 1.82) is 0 Å². The number of carbonyl (C=O) groups is 2. The van der Waals surface area contributed by atoms with Crippen LogP contribution in [0.3, 0.4) is 0 Å². The van der Waals surface area contributed by atoms with Gasteiger partial charge in [0.05, 0.1) is 11.9 Å². The quantitative estimate of drug-likeness (QED) is 0.858. The molecule has 0 radical (unpaired) electrons. The fraction of sp³-hybridized carbons (Fsp3) is 0.154. The molecule has 20 heavy (non-hydrogen) atoms. The van der Waals surface area contributed by atoms with Gasteiger partial charge in [-0.15, -0.1) is 0 Å². The molecule has 0 aliphatic heterocycles. The average molecular weight is 277 g/mol. The van der Waals surface area contributed by atoms with E-state index in [9.17, 15) is 14.0 Å². The second-order valence-electron chi connectivity index (χ2n) is 4.04. The topological polar surface area (TPSA) is 84.2 Å². The molecule has 104 valence electrons. The molecular formula is C13H12FN3O3. The molecule has 1 aromatic heterocycles. The second-order valence-corrected chi connectivity index (χ2v) is 4.04. The van der Waals surface area contributed by atoms with E-state index in [0.29, 0.717) is 6.54 Å². The van der Waals surface area contributed by atoms with Crippen LogP contribution >= 0.6 is 0 Å². The third-order valence-electron chi connectivity index (χ3n) is 2.63. The molecule has 0 saturated heterocycles. The van der Waals surface area contributed by atoms with Crippen molar-refractivity contribution >= 4 is 11.9 Å². The highest BCUT2D eigenvalue weighted by Gasteiger charge is 2.10. The van der Waals surface area contributed by atoms with Crippen molar-refractivity contribution in [2.75, 3.05) is 6.54 Å². The van der Waals surface area contributed by atoms with E-state index in [2.05, 4.69) is 10.3 Å². The van der Waals surface area contributed by atoms with E-state index < -0.39 is 17.7 Å². The Balaban J connectivity index is 1.88. The Bertz CT molecular complexity index is 639. The summed E-state index contributed by atoms with van der Waals surface area (Å²) in [5.41, 5.74) is -0.0882. The number of nitrogens with zero attached hydrogens (tertiary/aromatic N) is 2. The number of amides is 1. The Morgan fingerprint density at radius 2 is 2.10 bits per heavy atom. The predicted molar refractivity (Wildman–Crippen MR) is 67.9 cm³/mol. The second kappa shape index (κ2) is 5.96. The fourth-order valence-electron chi connectivity index (χ4n) is 1.63. The number of aromatic nitrogens is 2. The molecule has 1 amide bonds. The van der Waals surface area contributed by atoms with Crippen LogP contribution in [0.5, 0.6) is 0 Å². The molecule has 0 saturated carbocycles. The summed E-state index contributed by atoms with van der Waals surface area (Å²) in [5.74, 6) is -2.21. The van der Waals surface area contributed by atoms with Crippen LogP contribution in [0.25, 0.3) is 0 Å². The number of benzene rings is 1. The number of imidazole rings is 1. The van der Waals surface area contributed by atoms with Gasteiger partial charge in [-0.1, -0.05) is 12.1 Å². The number of nitrogens with one attached hydrogen (secondary N) is 1. The highest BCUT2D eigenvalue weighted by molar-refractivity contribution is 5.94. The van der Waals surface area contributed by atoms with E-state index in [1.807, 2.05) is 0 Å². The number of rotatable bonds is 5. The number of aromatic carboxylic acids is 1. The molecule has 1 aromatic carbocycles. The van der Waals surface area contributed by atoms with Crippen molar-refractivity contribution in [3.63, 3.8) is 0 Å². The molecule has 2 rings (SSSR count). The molecule has 0 fully saturated rings. The lowest BCUT2D eigenvalue weighted by molar-refractivity contribution is 0.0690. The van der Waals surface area contributed by atoms with Crippen LogP contribution in [-0.4, -0.2) is 33.1 Å². The van der Waals surface area contributed by atoms with Gasteiger partial charge in [0.1, 0.15) is 5.82 Å². The van der Waals surface area contributed by atoms with Gasteiger partial charge in [0.2, 0.25) is 0 Å². The van der Waals surface area contributed by atoms with E-state index in [1.165, 1.54) is 35.3 Å². The first-order valence-corrected chi connectivity index (χ1v) is 5.85.